The Kier molecular flexibility index (Phi) is 4.86. The fourth-order valence-electron chi connectivity index (χ4n) is 4.53. The molecule has 8 heteroatoms. The average Bonchev–Trinajstić information content (AvgIpc) is 3.52. The van der Waals surface area contributed by atoms with E-state index in [-0.39, 0.29) is 35.8 Å². The van der Waals surface area contributed by atoms with Crippen LogP contribution in [0.1, 0.15) is 0 Å². The lowest BCUT2D eigenvalue weighted by molar-refractivity contribution is 0.00706. The predicted molar refractivity (Wildman–Crippen MR) is 117 cm³/mol. The van der Waals surface area contributed by atoms with Gasteiger partial charge in [-0.3, -0.25) is 0 Å². The first-order valence-corrected chi connectivity index (χ1v) is 10.7. The molecular formula is C25H20F2N2O4. The molecule has 2 N–H and O–H groups in total. The molecule has 3 aromatic carbocycles. The minimum atomic E-state index is -0.767. The second-order valence-corrected chi connectivity index (χ2v) is 8.25. The molecule has 0 radical (unpaired) electrons. The largest absolute Gasteiger partial charge is 0.456 e. The monoisotopic (exact) mass is 450 g/mol. The first kappa shape index (κ1) is 20.3. The third kappa shape index (κ3) is 3.47. The Morgan fingerprint density at radius 1 is 0.909 bits per heavy atom. The summed E-state index contributed by atoms with van der Waals surface area (Å²) in [6.45, 7) is 0.376. The van der Waals surface area contributed by atoms with E-state index in [9.17, 15) is 9.50 Å². The summed E-state index contributed by atoms with van der Waals surface area (Å²) in [4.78, 5) is 7.03. The van der Waals surface area contributed by atoms with E-state index in [1.165, 1.54) is 6.07 Å². The zero-order valence-electron chi connectivity index (χ0n) is 17.4. The number of hydrogen-bond donors (Lipinski definition) is 2. The van der Waals surface area contributed by atoms with E-state index in [0.717, 1.165) is 11.1 Å². The number of aromatic nitrogens is 2. The first-order chi connectivity index (χ1) is 16.1. The Balaban J connectivity index is 1.30. The maximum Gasteiger partial charge on any atom is 0.295 e. The van der Waals surface area contributed by atoms with Crippen molar-refractivity contribution in [2.24, 2.45) is 0 Å². The van der Waals surface area contributed by atoms with Crippen molar-refractivity contribution in [1.82, 2.24) is 9.97 Å². The molecule has 33 heavy (non-hydrogen) atoms. The Labute approximate surface area is 187 Å². The summed E-state index contributed by atoms with van der Waals surface area (Å²) in [6.07, 6.45) is -2.11. The molecule has 4 aromatic rings. The van der Waals surface area contributed by atoms with Gasteiger partial charge < -0.3 is 24.3 Å². The van der Waals surface area contributed by atoms with Crippen molar-refractivity contribution in [2.45, 2.75) is 24.4 Å². The number of fused-ring (bicyclic) bond motifs is 2. The second-order valence-electron chi connectivity index (χ2n) is 8.25. The van der Waals surface area contributed by atoms with Crippen LogP contribution in [-0.4, -0.2) is 52.7 Å². The number of H-pyrrole nitrogens is 1. The minimum absolute atomic E-state index is 0.0172. The van der Waals surface area contributed by atoms with E-state index in [4.69, 9.17) is 14.2 Å². The maximum absolute atomic E-state index is 15.4. The number of imidazole rings is 1. The van der Waals surface area contributed by atoms with Crippen molar-refractivity contribution < 1.29 is 28.1 Å². The molecular weight excluding hydrogens is 430 g/mol. The molecule has 2 fully saturated rings. The van der Waals surface area contributed by atoms with Crippen LogP contribution >= 0.6 is 0 Å². The highest BCUT2D eigenvalue weighted by Crippen LogP contribution is 2.34. The third-order valence-electron chi connectivity index (χ3n) is 6.17. The third-order valence-corrected chi connectivity index (χ3v) is 6.17. The molecule has 4 atom stereocenters. The number of hydrogen-bond acceptors (Lipinski definition) is 5. The molecule has 0 aliphatic carbocycles. The fourth-order valence-corrected chi connectivity index (χ4v) is 4.53. The molecule has 0 spiro atoms. The maximum atomic E-state index is 15.4. The van der Waals surface area contributed by atoms with E-state index < -0.39 is 36.1 Å². The number of halogens is 2. The highest BCUT2D eigenvalue weighted by atomic mass is 19.1. The number of benzene rings is 3. The normalized spacial score (nSPS) is 24.3. The van der Waals surface area contributed by atoms with Crippen LogP contribution < -0.4 is 4.74 Å². The van der Waals surface area contributed by atoms with Crippen molar-refractivity contribution in [3.8, 4) is 28.3 Å². The molecule has 2 aliphatic heterocycles. The van der Waals surface area contributed by atoms with Gasteiger partial charge in [0, 0.05) is 6.07 Å². The van der Waals surface area contributed by atoms with Crippen LogP contribution in [0.25, 0.3) is 33.3 Å². The summed E-state index contributed by atoms with van der Waals surface area (Å²) in [5.74, 6) is -1.47. The molecule has 0 bridgehead atoms. The molecule has 2 aliphatic rings. The van der Waals surface area contributed by atoms with Gasteiger partial charge in [-0.2, -0.15) is 4.98 Å². The smallest absolute Gasteiger partial charge is 0.295 e. The van der Waals surface area contributed by atoms with Gasteiger partial charge in [-0.1, -0.05) is 54.6 Å². The Hall–Kier alpha value is -3.33. The van der Waals surface area contributed by atoms with Crippen molar-refractivity contribution in [2.75, 3.05) is 13.2 Å². The number of aromatic amines is 1. The van der Waals surface area contributed by atoms with Gasteiger partial charge in [0.05, 0.1) is 24.3 Å². The van der Waals surface area contributed by atoms with Crippen molar-refractivity contribution in [3.63, 3.8) is 0 Å². The van der Waals surface area contributed by atoms with E-state index >= 15 is 4.39 Å². The molecule has 4 unspecified atom stereocenters. The average molecular weight is 450 g/mol. The van der Waals surface area contributed by atoms with Crippen LogP contribution in [0.5, 0.6) is 6.01 Å². The zero-order valence-corrected chi connectivity index (χ0v) is 17.4. The van der Waals surface area contributed by atoms with Gasteiger partial charge in [-0.05, 0) is 16.7 Å². The van der Waals surface area contributed by atoms with Gasteiger partial charge >= 0.3 is 0 Å². The Morgan fingerprint density at radius 3 is 2.39 bits per heavy atom. The molecule has 6 nitrogen and oxygen atoms in total. The summed E-state index contributed by atoms with van der Waals surface area (Å²) < 4.78 is 47.2. The zero-order chi connectivity index (χ0) is 22.5. The second kappa shape index (κ2) is 7.91. The SMILES string of the molecule is OC1COC2C(Oc3nc4c(F)c(-c5ccc(-c6ccccc6)cc5)c(F)cc4[nH]3)COC12. The summed E-state index contributed by atoms with van der Waals surface area (Å²) in [6, 6.07) is 18.1. The number of nitrogens with zero attached hydrogens (tertiary/aromatic N) is 1. The van der Waals surface area contributed by atoms with Crippen LogP contribution in [0.2, 0.25) is 0 Å². The van der Waals surface area contributed by atoms with Gasteiger partial charge in [0.1, 0.15) is 29.6 Å². The van der Waals surface area contributed by atoms with E-state index in [0.29, 0.717) is 5.56 Å². The highest BCUT2D eigenvalue weighted by molar-refractivity contribution is 5.84. The number of nitrogens with one attached hydrogen (secondary N) is 1. The fraction of sp³-hybridized carbons (Fsp3) is 0.240. The first-order valence-electron chi connectivity index (χ1n) is 10.7. The van der Waals surface area contributed by atoms with Crippen LogP contribution in [0.3, 0.4) is 0 Å². The van der Waals surface area contributed by atoms with E-state index in [2.05, 4.69) is 9.97 Å². The molecule has 0 amide bonds. The van der Waals surface area contributed by atoms with Crippen LogP contribution in [-0.2, 0) is 9.47 Å². The van der Waals surface area contributed by atoms with Gasteiger partial charge in [0.15, 0.2) is 11.9 Å². The highest BCUT2D eigenvalue weighted by Gasteiger charge is 2.48. The summed E-state index contributed by atoms with van der Waals surface area (Å²) in [5.41, 5.74) is 2.41. The molecule has 168 valence electrons. The molecule has 0 saturated carbocycles. The van der Waals surface area contributed by atoms with Crippen molar-refractivity contribution >= 4 is 11.0 Å². The quantitative estimate of drug-likeness (QED) is 0.490. The Bertz CT molecular complexity index is 1310. The van der Waals surface area contributed by atoms with Crippen LogP contribution in [0.4, 0.5) is 8.78 Å². The van der Waals surface area contributed by atoms with Gasteiger partial charge in [0.25, 0.3) is 6.01 Å². The van der Waals surface area contributed by atoms with E-state index in [1.54, 1.807) is 12.1 Å². The standard InChI is InChI=1S/C25H20F2N2O4/c26-16-10-17-22(29-25(28-17)33-19-12-32-23-18(30)11-31-24(19)23)21(27)20(16)15-8-6-14(7-9-15)13-4-2-1-3-5-13/h1-10,18-19,23-24,30H,11-12H2,(H,28,29). The van der Waals surface area contributed by atoms with Gasteiger partial charge in [-0.25, -0.2) is 8.78 Å². The lowest BCUT2D eigenvalue weighted by Gasteiger charge is -2.15. The number of aliphatic hydroxyl groups excluding tert-OH is 1. The summed E-state index contributed by atoms with van der Waals surface area (Å²) in [7, 11) is 0. The lowest BCUT2D eigenvalue weighted by Crippen LogP contribution is -2.34. The van der Waals surface area contributed by atoms with Gasteiger partial charge in [-0.15, -0.1) is 0 Å². The lowest BCUT2D eigenvalue weighted by atomic mass is 9.99. The topological polar surface area (TPSA) is 76.6 Å². The number of aliphatic hydroxyl groups is 1. The molecule has 1 aromatic heterocycles. The summed E-state index contributed by atoms with van der Waals surface area (Å²) >= 11 is 0. The van der Waals surface area contributed by atoms with Crippen LogP contribution in [0, 0.1) is 11.6 Å². The summed E-state index contributed by atoms with van der Waals surface area (Å²) in [5, 5.41) is 9.86. The van der Waals surface area contributed by atoms with Gasteiger partial charge in [0.2, 0.25) is 0 Å². The minimum Gasteiger partial charge on any atom is -0.456 e. The predicted octanol–water partition coefficient (Wildman–Crippen LogP) is 4.08. The number of ether oxygens (including phenoxy) is 3. The van der Waals surface area contributed by atoms with Crippen LogP contribution in [0.15, 0.2) is 60.7 Å². The molecule has 2 saturated heterocycles. The van der Waals surface area contributed by atoms with Crippen molar-refractivity contribution in [3.05, 3.63) is 72.3 Å². The molecule has 6 rings (SSSR count). The number of rotatable bonds is 4. The van der Waals surface area contributed by atoms with E-state index in [1.807, 2.05) is 42.5 Å². The Morgan fingerprint density at radius 2 is 1.61 bits per heavy atom. The molecule has 3 heterocycles. The van der Waals surface area contributed by atoms with Crippen molar-refractivity contribution in [1.29, 1.82) is 0 Å².